The highest BCUT2D eigenvalue weighted by Gasteiger charge is 2.15. The van der Waals surface area contributed by atoms with E-state index in [1.54, 1.807) is 12.3 Å². The number of halogens is 1. The van der Waals surface area contributed by atoms with E-state index < -0.39 is 0 Å². The molecule has 1 atom stereocenters. The first-order valence-electron chi connectivity index (χ1n) is 9.27. The van der Waals surface area contributed by atoms with Crippen molar-refractivity contribution < 1.29 is 4.79 Å². The summed E-state index contributed by atoms with van der Waals surface area (Å²) in [5, 5.41) is 6.48. The molecule has 1 aliphatic rings. The lowest BCUT2D eigenvalue weighted by Crippen LogP contribution is -2.35. The van der Waals surface area contributed by atoms with Gasteiger partial charge in [0.15, 0.2) is 0 Å². The molecular formula is C22H25ClN2O. The van der Waals surface area contributed by atoms with Gasteiger partial charge < -0.3 is 10.6 Å². The lowest BCUT2D eigenvalue weighted by atomic mass is 9.89. The Morgan fingerprint density at radius 3 is 2.69 bits per heavy atom. The van der Waals surface area contributed by atoms with Gasteiger partial charge in [0.2, 0.25) is 0 Å². The normalized spacial score (nSPS) is 14.7. The Kier molecular flexibility index (Phi) is 6.35. The Morgan fingerprint density at radius 2 is 1.92 bits per heavy atom. The molecule has 26 heavy (non-hydrogen) atoms. The van der Waals surface area contributed by atoms with E-state index in [0.29, 0.717) is 5.02 Å². The maximum absolute atomic E-state index is 12.2. The predicted molar refractivity (Wildman–Crippen MR) is 108 cm³/mol. The van der Waals surface area contributed by atoms with Gasteiger partial charge in [-0.2, -0.15) is 0 Å². The summed E-state index contributed by atoms with van der Waals surface area (Å²) >= 11 is 6.10. The van der Waals surface area contributed by atoms with Gasteiger partial charge in [-0.1, -0.05) is 54.9 Å². The van der Waals surface area contributed by atoms with Crippen LogP contribution in [0, 0.1) is 0 Å². The molecule has 2 N–H and O–H groups in total. The van der Waals surface area contributed by atoms with Crippen molar-refractivity contribution in [3.63, 3.8) is 0 Å². The molecule has 3 rings (SSSR count). The maximum Gasteiger partial charge on any atom is 0.319 e. The second-order valence-electron chi connectivity index (χ2n) is 6.67. The maximum atomic E-state index is 12.2. The molecule has 1 unspecified atom stereocenters. The number of amides is 2. The molecule has 0 saturated carbocycles. The number of hydrogen-bond acceptors (Lipinski definition) is 1. The van der Waals surface area contributed by atoms with Gasteiger partial charge in [0, 0.05) is 11.2 Å². The van der Waals surface area contributed by atoms with Crippen LogP contribution in [0.5, 0.6) is 0 Å². The summed E-state index contributed by atoms with van der Waals surface area (Å²) < 4.78 is 0. The Bertz CT molecular complexity index is 800. The molecule has 3 nitrogen and oxygen atoms in total. The Hall–Kier alpha value is -2.26. The number of hydrogen-bond donors (Lipinski definition) is 2. The molecule has 0 saturated heterocycles. The van der Waals surface area contributed by atoms with E-state index in [2.05, 4.69) is 35.8 Å². The molecule has 0 fully saturated rings. The fourth-order valence-corrected chi connectivity index (χ4v) is 3.61. The molecule has 0 radical (unpaired) electrons. The smallest absolute Gasteiger partial charge is 0.319 e. The zero-order valence-electron chi connectivity index (χ0n) is 15.1. The van der Waals surface area contributed by atoms with Gasteiger partial charge in [-0.3, -0.25) is 0 Å². The fraction of sp³-hybridized carbons (Fsp3) is 0.318. The number of aryl methyl sites for hydroxylation is 2. The number of rotatable bonds is 5. The van der Waals surface area contributed by atoms with Crippen LogP contribution < -0.4 is 10.6 Å². The van der Waals surface area contributed by atoms with Gasteiger partial charge >= 0.3 is 6.03 Å². The summed E-state index contributed by atoms with van der Waals surface area (Å²) in [6.45, 7) is 2.09. The van der Waals surface area contributed by atoms with E-state index in [1.807, 2.05) is 24.3 Å². The van der Waals surface area contributed by atoms with Gasteiger partial charge in [-0.15, -0.1) is 0 Å². The highest BCUT2D eigenvalue weighted by atomic mass is 35.5. The summed E-state index contributed by atoms with van der Waals surface area (Å²) in [6.07, 6.45) is 9.12. The van der Waals surface area contributed by atoms with Crippen molar-refractivity contribution >= 4 is 23.7 Å². The quantitative estimate of drug-likeness (QED) is 0.704. The average molecular weight is 369 g/mol. The van der Waals surface area contributed by atoms with Gasteiger partial charge in [-0.25, -0.2) is 4.79 Å². The number of carbonyl (C=O) groups is 1. The number of nitrogens with one attached hydrogen (secondary N) is 2. The topological polar surface area (TPSA) is 41.1 Å². The summed E-state index contributed by atoms with van der Waals surface area (Å²) in [5.41, 5.74) is 4.95. The van der Waals surface area contributed by atoms with Gasteiger partial charge in [-0.05, 0) is 66.5 Å². The van der Waals surface area contributed by atoms with Crippen LogP contribution in [-0.4, -0.2) is 6.03 Å². The van der Waals surface area contributed by atoms with E-state index >= 15 is 0 Å². The monoisotopic (exact) mass is 368 g/mol. The van der Waals surface area contributed by atoms with Crippen LogP contribution >= 0.6 is 11.6 Å². The first kappa shape index (κ1) is 18.5. The third kappa shape index (κ3) is 4.67. The molecule has 2 aromatic carbocycles. The summed E-state index contributed by atoms with van der Waals surface area (Å²) in [7, 11) is 0. The Labute approximate surface area is 160 Å². The Balaban J connectivity index is 1.61. The summed E-state index contributed by atoms with van der Waals surface area (Å²) in [4.78, 5) is 12.2. The zero-order valence-corrected chi connectivity index (χ0v) is 15.9. The lowest BCUT2D eigenvalue weighted by molar-refractivity contribution is 0.240. The van der Waals surface area contributed by atoms with Crippen LogP contribution in [0.25, 0.3) is 6.08 Å². The molecule has 0 bridgehead atoms. The van der Waals surface area contributed by atoms with Crippen LogP contribution in [0.3, 0.4) is 0 Å². The van der Waals surface area contributed by atoms with Crippen molar-refractivity contribution in [3.05, 3.63) is 75.9 Å². The molecule has 0 spiro atoms. The minimum atomic E-state index is -0.210. The van der Waals surface area contributed by atoms with Crippen molar-refractivity contribution in [1.82, 2.24) is 10.6 Å². The molecule has 0 aliphatic heterocycles. The van der Waals surface area contributed by atoms with Gasteiger partial charge in [0.1, 0.15) is 0 Å². The SMILES string of the molecule is CCC(NC(=O)N/C=C/c1ccccc1Cl)c1ccc2c(c1)CCCC2. The first-order chi connectivity index (χ1) is 12.7. The number of urea groups is 1. The van der Waals surface area contributed by atoms with Crippen LogP contribution in [0.1, 0.15) is 54.5 Å². The highest BCUT2D eigenvalue weighted by Crippen LogP contribution is 2.26. The lowest BCUT2D eigenvalue weighted by Gasteiger charge is -2.21. The molecular weight excluding hydrogens is 344 g/mol. The number of carbonyl (C=O) groups excluding carboxylic acids is 1. The van der Waals surface area contributed by atoms with E-state index in [1.165, 1.54) is 36.0 Å². The largest absolute Gasteiger partial charge is 0.331 e. The van der Waals surface area contributed by atoms with Gasteiger partial charge in [0.25, 0.3) is 0 Å². The summed E-state index contributed by atoms with van der Waals surface area (Å²) in [6, 6.07) is 14.0. The molecule has 1 aliphatic carbocycles. The first-order valence-corrected chi connectivity index (χ1v) is 9.65. The fourth-order valence-electron chi connectivity index (χ4n) is 3.41. The van der Waals surface area contributed by atoms with Crippen LogP contribution in [0.2, 0.25) is 5.02 Å². The van der Waals surface area contributed by atoms with Crippen molar-refractivity contribution in [2.45, 2.75) is 45.1 Å². The van der Waals surface area contributed by atoms with Crippen molar-refractivity contribution in [1.29, 1.82) is 0 Å². The molecule has 4 heteroatoms. The molecule has 136 valence electrons. The molecule has 0 aromatic heterocycles. The van der Waals surface area contributed by atoms with Crippen molar-refractivity contribution in [3.8, 4) is 0 Å². The minimum absolute atomic E-state index is 0.0101. The molecule has 0 heterocycles. The average Bonchev–Trinajstić information content (AvgIpc) is 2.67. The van der Waals surface area contributed by atoms with E-state index in [9.17, 15) is 4.79 Å². The van der Waals surface area contributed by atoms with Crippen LogP contribution in [0.15, 0.2) is 48.7 Å². The molecule has 2 aromatic rings. The third-order valence-electron chi connectivity index (χ3n) is 4.87. The van der Waals surface area contributed by atoms with Gasteiger partial charge in [0.05, 0.1) is 6.04 Å². The van der Waals surface area contributed by atoms with Crippen LogP contribution in [-0.2, 0) is 12.8 Å². The third-order valence-corrected chi connectivity index (χ3v) is 5.22. The van der Waals surface area contributed by atoms with E-state index in [0.717, 1.165) is 18.4 Å². The standard InChI is InChI=1S/C22H25ClN2O/c1-2-21(19-12-11-16-7-3-4-9-18(16)15-19)25-22(26)24-14-13-17-8-5-6-10-20(17)23/h5-6,8,10-15,21H,2-4,7,9H2,1H3,(H2,24,25,26)/b14-13+. The van der Waals surface area contributed by atoms with Crippen molar-refractivity contribution in [2.24, 2.45) is 0 Å². The number of benzene rings is 2. The summed E-state index contributed by atoms with van der Waals surface area (Å²) in [5.74, 6) is 0. The van der Waals surface area contributed by atoms with E-state index in [4.69, 9.17) is 11.6 Å². The number of fused-ring (bicyclic) bond motifs is 1. The van der Waals surface area contributed by atoms with Crippen molar-refractivity contribution in [2.75, 3.05) is 0 Å². The highest BCUT2D eigenvalue weighted by molar-refractivity contribution is 6.32. The predicted octanol–water partition coefficient (Wildman–Crippen LogP) is 5.64. The minimum Gasteiger partial charge on any atom is -0.331 e. The Morgan fingerprint density at radius 1 is 1.15 bits per heavy atom. The second kappa shape index (κ2) is 8.91. The van der Waals surface area contributed by atoms with E-state index in [-0.39, 0.29) is 12.1 Å². The molecule has 2 amide bonds. The zero-order chi connectivity index (χ0) is 18.4. The van der Waals surface area contributed by atoms with Crippen LogP contribution in [0.4, 0.5) is 4.79 Å². The second-order valence-corrected chi connectivity index (χ2v) is 7.08.